The molecule has 1 heterocycles. The number of unbranched alkanes of at least 4 members (excludes halogenated alkanes) is 2. The van der Waals surface area contributed by atoms with Gasteiger partial charge >= 0.3 is 0 Å². The minimum absolute atomic E-state index is 0.0446. The van der Waals surface area contributed by atoms with Gasteiger partial charge in [0.2, 0.25) is 10.0 Å². The number of hydrogen-bond acceptors (Lipinski definition) is 7. The van der Waals surface area contributed by atoms with E-state index in [9.17, 15) is 23.3 Å². The molecule has 1 aromatic carbocycles. The maximum Gasteiger partial charge on any atom is 0.271 e. The van der Waals surface area contributed by atoms with Crippen LogP contribution >= 0.6 is 0 Å². The Morgan fingerprint density at radius 2 is 1.74 bits per heavy atom. The van der Waals surface area contributed by atoms with Gasteiger partial charge in [-0.2, -0.15) is 5.26 Å². The van der Waals surface area contributed by atoms with Crippen molar-refractivity contribution < 1.29 is 18.0 Å². The minimum Gasteiger partial charge on any atom is -0.320 e. The Morgan fingerprint density at radius 3 is 2.31 bits per heavy atom. The minimum atomic E-state index is -3.63. The van der Waals surface area contributed by atoms with Crippen LogP contribution in [-0.2, 0) is 19.6 Å². The molecule has 0 saturated carbocycles. The van der Waals surface area contributed by atoms with Gasteiger partial charge in [0.15, 0.2) is 0 Å². The van der Waals surface area contributed by atoms with Gasteiger partial charge in [0.05, 0.1) is 4.90 Å². The van der Waals surface area contributed by atoms with Crippen molar-refractivity contribution in [3.63, 3.8) is 0 Å². The molecule has 1 aromatic rings. The Labute approximate surface area is 209 Å². The zero-order valence-electron chi connectivity index (χ0n) is 21.1. The molecule has 35 heavy (non-hydrogen) atoms. The Bertz CT molecular complexity index is 1060. The number of anilines is 1. The molecule has 2 unspecified atom stereocenters. The van der Waals surface area contributed by atoms with Gasteiger partial charge in [-0.3, -0.25) is 14.5 Å². The van der Waals surface area contributed by atoms with Crippen LogP contribution in [0.1, 0.15) is 66.2 Å². The van der Waals surface area contributed by atoms with Gasteiger partial charge in [0.1, 0.15) is 17.7 Å². The van der Waals surface area contributed by atoms with Crippen molar-refractivity contribution in [2.75, 3.05) is 18.5 Å². The first kappa shape index (κ1) is 28.5. The van der Waals surface area contributed by atoms with E-state index >= 15 is 0 Å². The number of hydrogen-bond donors (Lipinski definition) is 3. The second-order valence-corrected chi connectivity index (χ2v) is 10.6. The third-order valence-corrected chi connectivity index (χ3v) is 7.72. The summed E-state index contributed by atoms with van der Waals surface area (Å²) in [5.74, 6) is -0.686. The van der Waals surface area contributed by atoms with Gasteiger partial charge in [-0.15, -0.1) is 0 Å². The van der Waals surface area contributed by atoms with Gasteiger partial charge in [-0.1, -0.05) is 46.5 Å². The molecule has 0 spiro atoms. The molecule has 0 aliphatic carbocycles. The van der Waals surface area contributed by atoms with Crippen molar-refractivity contribution in [1.82, 2.24) is 15.0 Å². The van der Waals surface area contributed by atoms with E-state index in [0.29, 0.717) is 30.1 Å². The molecule has 0 radical (unpaired) electrons. The summed E-state index contributed by atoms with van der Waals surface area (Å²) in [4.78, 5) is 26.7. The van der Waals surface area contributed by atoms with Gasteiger partial charge in [0.25, 0.3) is 11.8 Å². The lowest BCUT2D eigenvalue weighted by molar-refractivity contribution is -0.144. The lowest BCUT2D eigenvalue weighted by Gasteiger charge is -2.32. The van der Waals surface area contributed by atoms with Crippen LogP contribution in [0, 0.1) is 17.2 Å². The number of nitrogens with one attached hydrogen (secondary N) is 3. The maximum atomic E-state index is 12.9. The quantitative estimate of drug-likeness (QED) is 0.262. The Hall–Kier alpha value is -2.74. The van der Waals surface area contributed by atoms with Crippen molar-refractivity contribution in [2.45, 2.75) is 77.2 Å². The first-order chi connectivity index (χ1) is 16.7. The number of hydrazine groups is 1. The summed E-state index contributed by atoms with van der Waals surface area (Å²) in [5.41, 5.74) is 6.63. The number of nitrogens with zero attached hydrogens (tertiary/aromatic N) is 2. The fourth-order valence-electron chi connectivity index (χ4n) is 3.85. The molecule has 2 rings (SSSR count). The summed E-state index contributed by atoms with van der Waals surface area (Å²) in [6, 6.07) is 7.18. The second-order valence-electron chi connectivity index (χ2n) is 8.81. The number of amides is 2. The average Bonchev–Trinajstić information content (AvgIpc) is 2.84. The van der Waals surface area contributed by atoms with Crippen LogP contribution in [0.2, 0.25) is 0 Å². The number of benzene rings is 1. The first-order valence-corrected chi connectivity index (χ1v) is 13.8. The molecule has 1 aliphatic heterocycles. The second kappa shape index (κ2) is 13.4. The van der Waals surface area contributed by atoms with Gasteiger partial charge in [-0.05, 0) is 55.5 Å². The van der Waals surface area contributed by atoms with Gasteiger partial charge < -0.3 is 5.43 Å². The standard InChI is InChI=1S/C25H37N5O4S/c1-5-8-10-19(7-3)17-27-35(33,34)21-13-11-20(12-14-21)28-29-23-18(4)22(16-26)24(31)30(25(23)32)15-9-6-2/h11-14,19,23,27-29H,5-10,15,17H2,1-4H3. The number of carbonyl (C=O) groups is 2. The van der Waals surface area contributed by atoms with Crippen molar-refractivity contribution in [3.8, 4) is 6.07 Å². The molecule has 192 valence electrons. The number of nitriles is 1. The van der Waals surface area contributed by atoms with E-state index < -0.39 is 27.9 Å². The summed E-state index contributed by atoms with van der Waals surface area (Å²) in [7, 11) is -3.63. The molecule has 0 aromatic heterocycles. The monoisotopic (exact) mass is 503 g/mol. The lowest BCUT2D eigenvalue weighted by atomic mass is 9.96. The predicted octanol–water partition coefficient (Wildman–Crippen LogP) is 3.48. The van der Waals surface area contributed by atoms with Crippen LogP contribution in [0.5, 0.6) is 0 Å². The highest BCUT2D eigenvalue weighted by Gasteiger charge is 2.38. The van der Waals surface area contributed by atoms with Crippen LogP contribution in [0.4, 0.5) is 5.69 Å². The van der Waals surface area contributed by atoms with Crippen LogP contribution in [-0.4, -0.2) is 44.3 Å². The van der Waals surface area contributed by atoms with E-state index in [0.717, 1.165) is 37.0 Å². The topological polar surface area (TPSA) is 131 Å². The van der Waals surface area contributed by atoms with E-state index in [-0.39, 0.29) is 17.0 Å². The van der Waals surface area contributed by atoms with Crippen molar-refractivity contribution in [1.29, 1.82) is 5.26 Å². The fourth-order valence-corrected chi connectivity index (χ4v) is 4.97. The molecular formula is C25H37N5O4S. The highest BCUT2D eigenvalue weighted by atomic mass is 32.2. The zero-order chi connectivity index (χ0) is 26.0. The molecule has 1 aliphatic rings. The highest BCUT2D eigenvalue weighted by Crippen LogP contribution is 2.22. The summed E-state index contributed by atoms with van der Waals surface area (Å²) in [5, 5.41) is 9.43. The third-order valence-electron chi connectivity index (χ3n) is 6.28. The molecule has 3 N–H and O–H groups in total. The zero-order valence-corrected chi connectivity index (χ0v) is 21.9. The number of rotatable bonds is 14. The van der Waals surface area contributed by atoms with Crippen molar-refractivity contribution >= 4 is 27.5 Å². The lowest BCUT2D eigenvalue weighted by Crippen LogP contribution is -2.55. The largest absolute Gasteiger partial charge is 0.320 e. The number of sulfonamides is 1. The van der Waals surface area contributed by atoms with Gasteiger partial charge in [0, 0.05) is 18.8 Å². The number of imide groups is 1. The van der Waals surface area contributed by atoms with Crippen LogP contribution in [0.3, 0.4) is 0 Å². The molecule has 2 amide bonds. The molecule has 9 nitrogen and oxygen atoms in total. The third kappa shape index (κ3) is 7.37. The highest BCUT2D eigenvalue weighted by molar-refractivity contribution is 7.89. The first-order valence-electron chi connectivity index (χ1n) is 12.3. The molecular weight excluding hydrogens is 466 g/mol. The molecule has 0 bridgehead atoms. The maximum absolute atomic E-state index is 12.9. The van der Waals surface area contributed by atoms with Gasteiger partial charge in [-0.25, -0.2) is 18.6 Å². The summed E-state index contributed by atoms with van der Waals surface area (Å²) in [6.45, 7) is 8.38. The summed E-state index contributed by atoms with van der Waals surface area (Å²) >= 11 is 0. The summed E-state index contributed by atoms with van der Waals surface area (Å²) in [6.07, 6.45) is 5.52. The van der Waals surface area contributed by atoms with E-state index in [1.165, 1.54) is 12.1 Å². The average molecular weight is 504 g/mol. The fraction of sp³-hybridized carbons (Fsp3) is 0.560. The summed E-state index contributed by atoms with van der Waals surface area (Å²) < 4.78 is 28.1. The predicted molar refractivity (Wildman–Crippen MR) is 135 cm³/mol. The SMILES string of the molecule is CCCCC(CC)CNS(=O)(=O)c1ccc(NNC2C(=O)N(CCCC)C(=O)C(C#N)=C2C)cc1. The number of carbonyl (C=O) groups excluding carboxylic acids is 2. The normalized spacial score (nSPS) is 17.5. The Kier molecular flexibility index (Phi) is 10.9. The van der Waals surface area contributed by atoms with Crippen molar-refractivity contribution in [3.05, 3.63) is 35.4 Å². The van der Waals surface area contributed by atoms with E-state index in [2.05, 4.69) is 29.4 Å². The molecule has 10 heteroatoms. The van der Waals surface area contributed by atoms with Crippen LogP contribution in [0.15, 0.2) is 40.3 Å². The van der Waals surface area contributed by atoms with Crippen LogP contribution < -0.4 is 15.6 Å². The Balaban J connectivity index is 2.07. The van der Waals surface area contributed by atoms with Crippen LogP contribution in [0.25, 0.3) is 0 Å². The van der Waals surface area contributed by atoms with E-state index in [1.54, 1.807) is 19.1 Å². The molecule has 0 saturated heterocycles. The Morgan fingerprint density at radius 1 is 1.09 bits per heavy atom. The van der Waals surface area contributed by atoms with Crippen molar-refractivity contribution in [2.24, 2.45) is 5.92 Å². The molecule has 0 fully saturated rings. The molecule has 2 atom stereocenters. The van der Waals surface area contributed by atoms with E-state index in [1.807, 2.05) is 13.0 Å². The van der Waals surface area contributed by atoms with E-state index in [4.69, 9.17) is 0 Å². The smallest absolute Gasteiger partial charge is 0.271 e.